The van der Waals surface area contributed by atoms with E-state index in [0.29, 0.717) is 11.1 Å². The van der Waals surface area contributed by atoms with E-state index in [1.807, 2.05) is 6.07 Å². The Morgan fingerprint density at radius 2 is 1.55 bits per heavy atom. The van der Waals surface area contributed by atoms with Gasteiger partial charge in [-0.25, -0.2) is 4.79 Å². The van der Waals surface area contributed by atoms with E-state index in [1.54, 1.807) is 54.6 Å². The third-order valence-corrected chi connectivity index (χ3v) is 3.38. The predicted octanol–water partition coefficient (Wildman–Crippen LogP) is 2.93. The van der Waals surface area contributed by atoms with Gasteiger partial charge in [0.25, 0.3) is 0 Å². The van der Waals surface area contributed by atoms with Crippen LogP contribution in [0.15, 0.2) is 73.3 Å². The average molecular weight is 268 g/mol. The van der Waals surface area contributed by atoms with Crippen LogP contribution in [0.2, 0.25) is 0 Å². The lowest BCUT2D eigenvalue weighted by Gasteiger charge is -2.31. The zero-order valence-corrected chi connectivity index (χ0v) is 10.9. The Hall–Kier alpha value is -2.39. The lowest BCUT2D eigenvalue weighted by Crippen LogP contribution is -2.41. The molecule has 0 saturated carbocycles. The number of carboxylic acid groups (broad SMARTS) is 1. The van der Waals surface area contributed by atoms with E-state index in [0.717, 1.165) is 0 Å². The number of rotatable bonds is 5. The maximum absolute atomic E-state index is 11.7. The highest BCUT2D eigenvalue weighted by Gasteiger charge is 2.45. The summed E-state index contributed by atoms with van der Waals surface area (Å²) in [6, 6.07) is 17.4. The number of aliphatic carboxylic acids is 1. The lowest BCUT2D eigenvalue weighted by atomic mass is 9.77. The topological polar surface area (TPSA) is 57.5 Å². The predicted molar refractivity (Wildman–Crippen MR) is 77.4 cm³/mol. The first-order valence-electron chi connectivity index (χ1n) is 6.29. The van der Waals surface area contributed by atoms with Crippen LogP contribution in [0, 0.1) is 0 Å². The highest BCUT2D eigenvalue weighted by molar-refractivity contribution is 5.81. The summed E-state index contributed by atoms with van der Waals surface area (Å²) in [5, 5.41) is 20.4. The van der Waals surface area contributed by atoms with Gasteiger partial charge in [0, 0.05) is 5.92 Å². The van der Waals surface area contributed by atoms with Crippen molar-refractivity contribution in [1.82, 2.24) is 0 Å². The number of benzene rings is 2. The van der Waals surface area contributed by atoms with Crippen LogP contribution >= 0.6 is 0 Å². The first-order chi connectivity index (χ1) is 9.60. The molecule has 0 spiro atoms. The Morgan fingerprint density at radius 3 is 2.00 bits per heavy atom. The molecular weight excluding hydrogens is 252 g/mol. The molecule has 0 bridgehead atoms. The summed E-state index contributed by atoms with van der Waals surface area (Å²) in [5.41, 5.74) is -0.998. The molecule has 3 heteroatoms. The van der Waals surface area contributed by atoms with Gasteiger partial charge in [-0.1, -0.05) is 66.7 Å². The fraction of sp³-hybridized carbons (Fsp3) is 0.118. The number of hydrogen-bond acceptors (Lipinski definition) is 2. The van der Waals surface area contributed by atoms with Crippen molar-refractivity contribution in [2.24, 2.45) is 0 Å². The van der Waals surface area contributed by atoms with Crippen molar-refractivity contribution in [3.05, 3.63) is 84.4 Å². The van der Waals surface area contributed by atoms with Gasteiger partial charge in [-0.15, -0.1) is 6.58 Å². The zero-order valence-electron chi connectivity index (χ0n) is 10.9. The van der Waals surface area contributed by atoms with Crippen molar-refractivity contribution in [3.8, 4) is 0 Å². The smallest absolute Gasteiger partial charge is 0.341 e. The zero-order chi connectivity index (χ0) is 14.6. The Kier molecular flexibility index (Phi) is 4.01. The fourth-order valence-electron chi connectivity index (χ4n) is 2.34. The molecule has 0 aliphatic rings. The van der Waals surface area contributed by atoms with Crippen molar-refractivity contribution < 1.29 is 15.0 Å². The van der Waals surface area contributed by atoms with Gasteiger partial charge in [0.1, 0.15) is 0 Å². The van der Waals surface area contributed by atoms with Gasteiger partial charge in [-0.2, -0.15) is 0 Å². The van der Waals surface area contributed by atoms with Crippen LogP contribution in [0.1, 0.15) is 17.0 Å². The lowest BCUT2D eigenvalue weighted by molar-refractivity contribution is -0.161. The quantitative estimate of drug-likeness (QED) is 0.820. The second-order valence-electron chi connectivity index (χ2n) is 4.56. The highest BCUT2D eigenvalue weighted by Crippen LogP contribution is 2.38. The minimum absolute atomic E-state index is 0.334. The Labute approximate surface area is 117 Å². The molecule has 0 saturated heterocycles. The Bertz CT molecular complexity index is 592. The minimum atomic E-state index is -2.04. The van der Waals surface area contributed by atoms with E-state index >= 15 is 0 Å². The van der Waals surface area contributed by atoms with E-state index in [9.17, 15) is 15.0 Å². The van der Waals surface area contributed by atoms with E-state index in [4.69, 9.17) is 0 Å². The highest BCUT2D eigenvalue weighted by atomic mass is 16.4. The van der Waals surface area contributed by atoms with Crippen LogP contribution in [-0.2, 0) is 10.4 Å². The molecule has 102 valence electrons. The molecule has 0 aliphatic carbocycles. The maximum atomic E-state index is 11.7. The van der Waals surface area contributed by atoms with E-state index in [2.05, 4.69) is 6.58 Å². The molecule has 0 radical (unpaired) electrons. The maximum Gasteiger partial charge on any atom is 0.341 e. The van der Waals surface area contributed by atoms with Crippen molar-refractivity contribution in [2.45, 2.75) is 11.5 Å². The van der Waals surface area contributed by atoms with Gasteiger partial charge in [-0.3, -0.25) is 0 Å². The summed E-state index contributed by atoms with van der Waals surface area (Å²) < 4.78 is 0. The third kappa shape index (κ3) is 2.36. The van der Waals surface area contributed by atoms with Gasteiger partial charge in [0.2, 0.25) is 0 Å². The van der Waals surface area contributed by atoms with Gasteiger partial charge >= 0.3 is 5.97 Å². The normalized spacial score (nSPS) is 15.1. The second kappa shape index (κ2) is 5.72. The Morgan fingerprint density at radius 1 is 1.05 bits per heavy atom. The molecule has 20 heavy (non-hydrogen) atoms. The van der Waals surface area contributed by atoms with Crippen LogP contribution < -0.4 is 0 Å². The molecule has 0 aromatic heterocycles. The third-order valence-electron chi connectivity index (χ3n) is 3.38. The molecule has 0 amide bonds. The number of carboxylic acids is 1. The number of carbonyl (C=O) groups is 1. The van der Waals surface area contributed by atoms with E-state index in [-0.39, 0.29) is 0 Å². The molecule has 2 atom stereocenters. The molecule has 3 nitrogen and oxygen atoms in total. The summed E-state index contributed by atoms with van der Waals surface area (Å²) in [6.45, 7) is 3.69. The largest absolute Gasteiger partial charge is 0.479 e. The molecule has 2 aromatic rings. The second-order valence-corrected chi connectivity index (χ2v) is 4.56. The van der Waals surface area contributed by atoms with Crippen molar-refractivity contribution >= 4 is 5.97 Å². The fourth-order valence-corrected chi connectivity index (χ4v) is 2.34. The number of aliphatic hydroxyl groups is 1. The van der Waals surface area contributed by atoms with Crippen molar-refractivity contribution in [2.75, 3.05) is 0 Å². The summed E-state index contributed by atoms with van der Waals surface area (Å²) in [5.74, 6) is -2.03. The molecule has 0 heterocycles. The first-order valence-corrected chi connectivity index (χ1v) is 6.29. The molecule has 2 N–H and O–H groups in total. The monoisotopic (exact) mass is 268 g/mol. The van der Waals surface area contributed by atoms with Gasteiger partial charge < -0.3 is 10.2 Å². The van der Waals surface area contributed by atoms with Gasteiger partial charge in [0.05, 0.1) is 0 Å². The van der Waals surface area contributed by atoms with E-state index < -0.39 is 17.5 Å². The molecule has 2 aromatic carbocycles. The summed E-state index contributed by atoms with van der Waals surface area (Å²) in [7, 11) is 0. The van der Waals surface area contributed by atoms with Crippen molar-refractivity contribution in [1.29, 1.82) is 0 Å². The standard InChI is InChI=1S/C17H16O3/c1-2-15(13-9-5-3-6-10-13)17(20,16(18)19)14-11-7-4-8-12-14/h2-12,15,20H,1H2,(H,18,19)/t15-,17-/m0/s1. The van der Waals surface area contributed by atoms with Crippen LogP contribution in [0.5, 0.6) is 0 Å². The Balaban J connectivity index is 2.58. The van der Waals surface area contributed by atoms with Gasteiger partial charge in [-0.05, 0) is 11.1 Å². The molecule has 0 unspecified atom stereocenters. The SMILES string of the molecule is C=C[C@@H](c1ccccc1)[C@](O)(C(=O)O)c1ccccc1. The average Bonchev–Trinajstić information content (AvgIpc) is 2.49. The molecule has 0 aliphatic heterocycles. The first kappa shape index (κ1) is 14.0. The molecule has 2 rings (SSSR count). The van der Waals surface area contributed by atoms with E-state index in [1.165, 1.54) is 6.08 Å². The van der Waals surface area contributed by atoms with Crippen molar-refractivity contribution in [3.63, 3.8) is 0 Å². The summed E-state index contributed by atoms with van der Waals surface area (Å²) in [6.07, 6.45) is 1.47. The number of hydrogen-bond donors (Lipinski definition) is 2. The summed E-state index contributed by atoms with van der Waals surface area (Å²) in [4.78, 5) is 11.7. The summed E-state index contributed by atoms with van der Waals surface area (Å²) >= 11 is 0. The van der Waals surface area contributed by atoms with Crippen LogP contribution in [0.3, 0.4) is 0 Å². The molecular formula is C17H16O3. The van der Waals surface area contributed by atoms with Crippen LogP contribution in [0.4, 0.5) is 0 Å². The van der Waals surface area contributed by atoms with Gasteiger partial charge in [0.15, 0.2) is 5.60 Å². The minimum Gasteiger partial charge on any atom is -0.479 e. The van der Waals surface area contributed by atoms with Crippen LogP contribution in [-0.4, -0.2) is 16.2 Å². The van der Waals surface area contributed by atoms with Crippen LogP contribution in [0.25, 0.3) is 0 Å². The molecule has 0 fully saturated rings.